The fraction of sp³-hybridized carbons (Fsp3) is 0.625. The van der Waals surface area contributed by atoms with Crippen LogP contribution in [0.3, 0.4) is 0 Å². The minimum atomic E-state index is 0.198. The van der Waals surface area contributed by atoms with Crippen molar-refractivity contribution in [1.82, 2.24) is 0 Å². The van der Waals surface area contributed by atoms with Gasteiger partial charge in [0.05, 0.1) is 0 Å². The van der Waals surface area contributed by atoms with Gasteiger partial charge in [0, 0.05) is 0 Å². The molecule has 0 aromatic heterocycles. The van der Waals surface area contributed by atoms with Crippen LogP contribution in [0.25, 0.3) is 0 Å². The van der Waals surface area contributed by atoms with Crippen LogP contribution < -0.4 is 0 Å². The summed E-state index contributed by atoms with van der Waals surface area (Å²) in [6.45, 7) is 11.5. The first-order valence-corrected chi connectivity index (χ1v) is 6.69. The van der Waals surface area contributed by atoms with Crippen LogP contribution in [0.5, 0.6) is 5.75 Å². The van der Waals surface area contributed by atoms with Crippen LogP contribution in [-0.2, 0) is 5.41 Å². The molecule has 96 valence electrons. The zero-order chi connectivity index (χ0) is 13.1. The summed E-state index contributed by atoms with van der Waals surface area (Å²) in [6, 6.07) is 7.73. The Morgan fingerprint density at radius 2 is 1.65 bits per heavy atom. The Kier molecular flexibility index (Phi) is 4.62. The van der Waals surface area contributed by atoms with E-state index in [-0.39, 0.29) is 5.41 Å². The minimum absolute atomic E-state index is 0.198. The van der Waals surface area contributed by atoms with Crippen molar-refractivity contribution in [3.63, 3.8) is 0 Å². The molecular weight excluding hydrogens is 208 g/mol. The largest absolute Gasteiger partial charge is 0.508 e. The quantitative estimate of drug-likeness (QED) is 0.780. The number of hydrogen-bond acceptors (Lipinski definition) is 1. The lowest BCUT2D eigenvalue weighted by Gasteiger charge is -2.37. The molecule has 0 bridgehead atoms. The van der Waals surface area contributed by atoms with Gasteiger partial charge in [0.1, 0.15) is 5.75 Å². The highest BCUT2D eigenvalue weighted by molar-refractivity contribution is 5.31. The molecule has 0 aliphatic rings. The van der Waals surface area contributed by atoms with Gasteiger partial charge in [0.15, 0.2) is 0 Å². The molecule has 0 aliphatic heterocycles. The molecule has 1 aromatic rings. The molecule has 0 amide bonds. The lowest BCUT2D eigenvalue weighted by molar-refractivity contribution is 0.264. The number of phenolic OH excluding ortho intramolecular Hbond substituents is 1. The maximum atomic E-state index is 9.39. The van der Waals surface area contributed by atoms with Crippen LogP contribution in [0.4, 0.5) is 0 Å². The zero-order valence-electron chi connectivity index (χ0n) is 11.8. The van der Waals surface area contributed by atoms with Gasteiger partial charge in [-0.15, -0.1) is 0 Å². The third-order valence-electron chi connectivity index (χ3n) is 4.27. The molecule has 0 saturated carbocycles. The van der Waals surface area contributed by atoms with E-state index < -0.39 is 0 Å². The molecule has 0 saturated heterocycles. The molecule has 1 rings (SSSR count). The van der Waals surface area contributed by atoms with Crippen molar-refractivity contribution in [2.75, 3.05) is 0 Å². The molecule has 1 heteroatoms. The first-order valence-electron chi connectivity index (χ1n) is 6.69. The maximum Gasteiger partial charge on any atom is 0.115 e. The van der Waals surface area contributed by atoms with E-state index >= 15 is 0 Å². The highest BCUT2D eigenvalue weighted by atomic mass is 16.3. The second-order valence-electron chi connectivity index (χ2n) is 5.84. The van der Waals surface area contributed by atoms with Crippen LogP contribution in [0.1, 0.15) is 53.0 Å². The van der Waals surface area contributed by atoms with Gasteiger partial charge in [-0.1, -0.05) is 53.2 Å². The summed E-state index contributed by atoms with van der Waals surface area (Å²) in [6.07, 6.45) is 2.42. The molecule has 2 unspecified atom stereocenters. The van der Waals surface area contributed by atoms with Crippen LogP contribution in [0.2, 0.25) is 0 Å². The Hall–Kier alpha value is -0.980. The number of hydrogen-bond donors (Lipinski definition) is 1. The van der Waals surface area contributed by atoms with Gasteiger partial charge in [0.25, 0.3) is 0 Å². The first-order chi connectivity index (χ1) is 7.90. The van der Waals surface area contributed by atoms with E-state index in [1.807, 2.05) is 0 Å². The van der Waals surface area contributed by atoms with Crippen LogP contribution in [0.15, 0.2) is 24.3 Å². The smallest absolute Gasteiger partial charge is 0.115 e. The van der Waals surface area contributed by atoms with Crippen LogP contribution in [-0.4, -0.2) is 5.11 Å². The van der Waals surface area contributed by atoms with Crippen molar-refractivity contribution in [2.45, 2.75) is 52.9 Å². The summed E-state index contributed by atoms with van der Waals surface area (Å²) in [5.74, 6) is 1.68. The van der Waals surface area contributed by atoms with Crippen molar-refractivity contribution < 1.29 is 5.11 Å². The van der Waals surface area contributed by atoms with Gasteiger partial charge < -0.3 is 5.11 Å². The van der Waals surface area contributed by atoms with Gasteiger partial charge >= 0.3 is 0 Å². The summed E-state index contributed by atoms with van der Waals surface area (Å²) in [4.78, 5) is 0. The summed E-state index contributed by atoms with van der Waals surface area (Å²) < 4.78 is 0. The van der Waals surface area contributed by atoms with E-state index in [2.05, 4.69) is 46.8 Å². The van der Waals surface area contributed by atoms with Gasteiger partial charge in [-0.25, -0.2) is 0 Å². The number of rotatable bonds is 5. The third-order valence-corrected chi connectivity index (χ3v) is 4.27. The zero-order valence-corrected chi connectivity index (χ0v) is 11.8. The molecule has 0 spiro atoms. The predicted molar refractivity (Wildman–Crippen MR) is 74.4 cm³/mol. The molecule has 0 radical (unpaired) electrons. The van der Waals surface area contributed by atoms with Crippen molar-refractivity contribution >= 4 is 0 Å². The highest BCUT2D eigenvalue weighted by Gasteiger charge is 2.31. The molecule has 0 fully saturated rings. The topological polar surface area (TPSA) is 20.2 Å². The molecule has 1 N–H and O–H groups in total. The van der Waals surface area contributed by atoms with Crippen molar-refractivity contribution in [2.24, 2.45) is 11.8 Å². The standard InChI is InChI=1S/C16H26O/c1-6-13(4)11-16(5,12(2)3)14-7-9-15(17)10-8-14/h7-10,12-13,17H,6,11H2,1-5H3. The average Bonchev–Trinajstić information content (AvgIpc) is 2.29. The molecular formula is C16H26O. The molecule has 17 heavy (non-hydrogen) atoms. The molecule has 1 nitrogen and oxygen atoms in total. The van der Waals surface area contributed by atoms with Crippen LogP contribution >= 0.6 is 0 Å². The van der Waals surface area contributed by atoms with E-state index in [0.717, 1.165) is 5.92 Å². The number of benzene rings is 1. The second kappa shape index (κ2) is 5.57. The van der Waals surface area contributed by atoms with E-state index in [1.54, 1.807) is 12.1 Å². The van der Waals surface area contributed by atoms with E-state index in [9.17, 15) is 5.11 Å². The second-order valence-corrected chi connectivity index (χ2v) is 5.84. The van der Waals surface area contributed by atoms with Crippen molar-refractivity contribution in [3.8, 4) is 5.75 Å². The van der Waals surface area contributed by atoms with Gasteiger partial charge in [0.2, 0.25) is 0 Å². The maximum absolute atomic E-state index is 9.39. The summed E-state index contributed by atoms with van der Waals surface area (Å²) >= 11 is 0. The molecule has 0 heterocycles. The minimum Gasteiger partial charge on any atom is -0.508 e. The summed E-state index contributed by atoms with van der Waals surface area (Å²) in [7, 11) is 0. The van der Waals surface area contributed by atoms with E-state index in [1.165, 1.54) is 18.4 Å². The van der Waals surface area contributed by atoms with Gasteiger partial charge in [-0.2, -0.15) is 0 Å². The molecule has 1 aromatic carbocycles. The molecule has 2 atom stereocenters. The fourth-order valence-corrected chi connectivity index (χ4v) is 2.40. The summed E-state index contributed by atoms with van der Waals surface area (Å²) in [5.41, 5.74) is 1.54. The number of aromatic hydroxyl groups is 1. The molecule has 0 aliphatic carbocycles. The van der Waals surface area contributed by atoms with Crippen LogP contribution in [0, 0.1) is 11.8 Å². The Labute approximate surface area is 106 Å². The monoisotopic (exact) mass is 234 g/mol. The average molecular weight is 234 g/mol. The predicted octanol–water partition coefficient (Wildman–Crippen LogP) is 4.74. The number of phenols is 1. The lowest BCUT2D eigenvalue weighted by Crippen LogP contribution is -2.30. The Morgan fingerprint density at radius 1 is 1.12 bits per heavy atom. The van der Waals surface area contributed by atoms with Gasteiger partial charge in [-0.05, 0) is 41.4 Å². The first kappa shape index (κ1) is 14.1. The Bertz CT molecular complexity index is 339. The summed E-state index contributed by atoms with van der Waals surface area (Å²) in [5, 5.41) is 9.39. The van der Waals surface area contributed by atoms with Gasteiger partial charge in [-0.3, -0.25) is 0 Å². The fourth-order valence-electron chi connectivity index (χ4n) is 2.40. The SMILES string of the molecule is CCC(C)CC(C)(c1ccc(O)cc1)C(C)C. The highest BCUT2D eigenvalue weighted by Crippen LogP contribution is 2.39. The van der Waals surface area contributed by atoms with Crippen molar-refractivity contribution in [1.29, 1.82) is 0 Å². The third kappa shape index (κ3) is 3.24. The normalized spacial score (nSPS) is 16.8. The van der Waals surface area contributed by atoms with E-state index in [4.69, 9.17) is 0 Å². The Balaban J connectivity index is 3.02. The van der Waals surface area contributed by atoms with Crippen molar-refractivity contribution in [3.05, 3.63) is 29.8 Å². The van der Waals surface area contributed by atoms with E-state index in [0.29, 0.717) is 11.7 Å². The lowest BCUT2D eigenvalue weighted by atomic mass is 9.68. The Morgan fingerprint density at radius 3 is 2.06 bits per heavy atom.